The maximum Gasteiger partial charge on any atom is 0.270 e. The van der Waals surface area contributed by atoms with Crippen molar-refractivity contribution in [2.45, 2.75) is 13.5 Å². The Morgan fingerprint density at radius 1 is 1.26 bits per heavy atom. The summed E-state index contributed by atoms with van der Waals surface area (Å²) in [6.07, 6.45) is 1.57. The molecule has 1 aromatic heterocycles. The number of aromatic nitrogens is 2. The van der Waals surface area contributed by atoms with Gasteiger partial charge < -0.3 is 10.1 Å². The van der Waals surface area contributed by atoms with Gasteiger partial charge in [-0.1, -0.05) is 12.1 Å². The molecule has 98 valence electrons. The Kier molecular flexibility index (Phi) is 4.07. The molecule has 1 heterocycles. The van der Waals surface area contributed by atoms with E-state index < -0.39 is 0 Å². The van der Waals surface area contributed by atoms with E-state index in [2.05, 4.69) is 15.3 Å². The molecule has 0 saturated carbocycles. The third-order valence-electron chi connectivity index (χ3n) is 2.62. The standard InChI is InChI=1S/C14H15N3O2/c1-10-15-8-7-13(17-10)14(18)16-9-11-3-5-12(19-2)6-4-11/h3-8H,9H2,1-2H3,(H,16,18). The van der Waals surface area contributed by atoms with Crippen molar-refractivity contribution in [3.05, 3.63) is 53.6 Å². The number of methoxy groups -OCH3 is 1. The van der Waals surface area contributed by atoms with E-state index in [-0.39, 0.29) is 5.91 Å². The highest BCUT2D eigenvalue weighted by atomic mass is 16.5. The molecule has 5 heteroatoms. The number of hydrogen-bond acceptors (Lipinski definition) is 4. The van der Waals surface area contributed by atoms with Gasteiger partial charge in [0.25, 0.3) is 5.91 Å². The third kappa shape index (κ3) is 3.51. The van der Waals surface area contributed by atoms with Crippen molar-refractivity contribution in [1.29, 1.82) is 0 Å². The second-order valence-electron chi connectivity index (χ2n) is 4.02. The fourth-order valence-electron chi connectivity index (χ4n) is 1.60. The quantitative estimate of drug-likeness (QED) is 0.905. The highest BCUT2D eigenvalue weighted by molar-refractivity contribution is 5.92. The van der Waals surface area contributed by atoms with E-state index in [4.69, 9.17) is 4.74 Å². The summed E-state index contributed by atoms with van der Waals surface area (Å²) in [5.74, 6) is 1.17. The molecule has 0 saturated heterocycles. The van der Waals surface area contributed by atoms with E-state index >= 15 is 0 Å². The molecule has 1 N–H and O–H groups in total. The number of amides is 1. The van der Waals surface area contributed by atoms with Gasteiger partial charge >= 0.3 is 0 Å². The van der Waals surface area contributed by atoms with Crippen molar-refractivity contribution in [1.82, 2.24) is 15.3 Å². The molecule has 1 aromatic carbocycles. The maximum absolute atomic E-state index is 11.9. The van der Waals surface area contributed by atoms with Crippen molar-refractivity contribution >= 4 is 5.91 Å². The van der Waals surface area contributed by atoms with Crippen LogP contribution in [0.1, 0.15) is 21.9 Å². The molecule has 0 fully saturated rings. The molecule has 0 unspecified atom stereocenters. The van der Waals surface area contributed by atoms with Crippen molar-refractivity contribution in [2.75, 3.05) is 7.11 Å². The van der Waals surface area contributed by atoms with Gasteiger partial charge in [-0.2, -0.15) is 0 Å². The largest absolute Gasteiger partial charge is 0.497 e. The van der Waals surface area contributed by atoms with Gasteiger partial charge in [-0.25, -0.2) is 9.97 Å². The van der Waals surface area contributed by atoms with Crippen LogP contribution in [0.15, 0.2) is 36.5 Å². The maximum atomic E-state index is 11.9. The first-order chi connectivity index (χ1) is 9.19. The van der Waals surface area contributed by atoms with Gasteiger partial charge in [0.05, 0.1) is 7.11 Å². The first-order valence-corrected chi connectivity index (χ1v) is 5.90. The number of nitrogens with one attached hydrogen (secondary N) is 1. The number of aryl methyl sites for hydroxylation is 1. The van der Waals surface area contributed by atoms with Crippen LogP contribution in [0.25, 0.3) is 0 Å². The van der Waals surface area contributed by atoms with E-state index in [1.54, 1.807) is 26.3 Å². The van der Waals surface area contributed by atoms with Gasteiger partial charge in [-0.15, -0.1) is 0 Å². The number of benzene rings is 1. The molecule has 2 aromatic rings. The van der Waals surface area contributed by atoms with Crippen LogP contribution in [0.2, 0.25) is 0 Å². The fourth-order valence-corrected chi connectivity index (χ4v) is 1.60. The summed E-state index contributed by atoms with van der Waals surface area (Å²) in [6.45, 7) is 2.20. The van der Waals surface area contributed by atoms with E-state index in [1.165, 1.54) is 0 Å². The Balaban J connectivity index is 1.96. The van der Waals surface area contributed by atoms with Gasteiger partial charge in [0, 0.05) is 12.7 Å². The molecular formula is C14H15N3O2. The Morgan fingerprint density at radius 3 is 2.63 bits per heavy atom. The summed E-state index contributed by atoms with van der Waals surface area (Å²) >= 11 is 0. The van der Waals surface area contributed by atoms with Crippen LogP contribution in [0.3, 0.4) is 0 Å². The minimum atomic E-state index is -0.207. The zero-order valence-electron chi connectivity index (χ0n) is 10.9. The van der Waals surface area contributed by atoms with Gasteiger partial charge in [0.1, 0.15) is 17.3 Å². The van der Waals surface area contributed by atoms with Crippen molar-refractivity contribution in [3.63, 3.8) is 0 Å². The summed E-state index contributed by atoms with van der Waals surface area (Å²) < 4.78 is 5.07. The number of ether oxygens (including phenoxy) is 1. The van der Waals surface area contributed by atoms with Crippen molar-refractivity contribution < 1.29 is 9.53 Å². The third-order valence-corrected chi connectivity index (χ3v) is 2.62. The van der Waals surface area contributed by atoms with E-state index in [1.807, 2.05) is 24.3 Å². The lowest BCUT2D eigenvalue weighted by atomic mass is 10.2. The lowest BCUT2D eigenvalue weighted by Gasteiger charge is -2.06. The summed E-state index contributed by atoms with van der Waals surface area (Å²) in [4.78, 5) is 19.9. The van der Waals surface area contributed by atoms with Crippen LogP contribution in [0, 0.1) is 6.92 Å². The van der Waals surface area contributed by atoms with Crippen molar-refractivity contribution in [3.8, 4) is 5.75 Å². The molecule has 0 radical (unpaired) electrons. The molecular weight excluding hydrogens is 242 g/mol. The first-order valence-electron chi connectivity index (χ1n) is 5.90. The molecule has 0 atom stereocenters. The van der Waals surface area contributed by atoms with Gasteiger partial charge in [0.2, 0.25) is 0 Å². The molecule has 19 heavy (non-hydrogen) atoms. The number of carbonyl (C=O) groups excluding carboxylic acids is 1. The zero-order valence-corrected chi connectivity index (χ0v) is 10.9. The minimum Gasteiger partial charge on any atom is -0.497 e. The van der Waals surface area contributed by atoms with Crippen molar-refractivity contribution in [2.24, 2.45) is 0 Å². The minimum absolute atomic E-state index is 0.207. The van der Waals surface area contributed by atoms with E-state index in [0.29, 0.717) is 18.1 Å². The van der Waals surface area contributed by atoms with Crippen LogP contribution in [-0.4, -0.2) is 23.0 Å². The summed E-state index contributed by atoms with van der Waals surface area (Å²) in [5, 5.41) is 2.81. The highest BCUT2D eigenvalue weighted by Crippen LogP contribution is 2.11. The molecule has 0 aliphatic rings. The SMILES string of the molecule is COc1ccc(CNC(=O)c2ccnc(C)n2)cc1. The van der Waals surface area contributed by atoms with Crippen LogP contribution < -0.4 is 10.1 Å². The average Bonchev–Trinajstić information content (AvgIpc) is 2.45. The monoisotopic (exact) mass is 257 g/mol. The van der Waals surface area contributed by atoms with Gasteiger partial charge in [0.15, 0.2) is 0 Å². The highest BCUT2D eigenvalue weighted by Gasteiger charge is 2.07. The van der Waals surface area contributed by atoms with Crippen LogP contribution in [0.4, 0.5) is 0 Å². The summed E-state index contributed by atoms with van der Waals surface area (Å²) in [7, 11) is 1.62. The van der Waals surface area contributed by atoms with Gasteiger partial charge in [-0.3, -0.25) is 4.79 Å². The summed E-state index contributed by atoms with van der Waals surface area (Å²) in [6, 6.07) is 9.12. The topological polar surface area (TPSA) is 64.1 Å². The Labute approximate surface area is 111 Å². The molecule has 2 rings (SSSR count). The Morgan fingerprint density at radius 2 is 2.00 bits per heavy atom. The summed E-state index contributed by atoms with van der Waals surface area (Å²) in [5.41, 5.74) is 1.38. The molecule has 0 bridgehead atoms. The first kappa shape index (κ1) is 13.0. The molecule has 1 amide bonds. The second kappa shape index (κ2) is 5.95. The number of rotatable bonds is 4. The number of hydrogen-bond donors (Lipinski definition) is 1. The molecule has 0 spiro atoms. The normalized spacial score (nSPS) is 10.0. The number of carbonyl (C=O) groups is 1. The second-order valence-corrected chi connectivity index (χ2v) is 4.02. The average molecular weight is 257 g/mol. The Bertz CT molecular complexity index is 567. The van der Waals surface area contributed by atoms with Crippen LogP contribution >= 0.6 is 0 Å². The number of nitrogens with zero attached hydrogens (tertiary/aromatic N) is 2. The smallest absolute Gasteiger partial charge is 0.270 e. The van der Waals surface area contributed by atoms with E-state index in [9.17, 15) is 4.79 Å². The lowest BCUT2D eigenvalue weighted by Crippen LogP contribution is -2.24. The predicted octanol–water partition coefficient (Wildman–Crippen LogP) is 1.72. The van der Waals surface area contributed by atoms with Crippen LogP contribution in [-0.2, 0) is 6.54 Å². The fraction of sp³-hybridized carbons (Fsp3) is 0.214. The molecule has 5 nitrogen and oxygen atoms in total. The zero-order chi connectivity index (χ0) is 13.7. The van der Waals surface area contributed by atoms with E-state index in [0.717, 1.165) is 11.3 Å². The predicted molar refractivity (Wildman–Crippen MR) is 70.9 cm³/mol. The van der Waals surface area contributed by atoms with Crippen LogP contribution in [0.5, 0.6) is 5.75 Å². The molecule has 0 aliphatic heterocycles. The molecule has 0 aliphatic carbocycles. The Hall–Kier alpha value is -2.43. The van der Waals surface area contributed by atoms with Gasteiger partial charge in [-0.05, 0) is 30.7 Å². The lowest BCUT2D eigenvalue weighted by molar-refractivity contribution is 0.0945.